The number of hydrogen-bond donors (Lipinski definition) is 0. The van der Waals surface area contributed by atoms with Crippen molar-refractivity contribution in [3.63, 3.8) is 0 Å². The van der Waals surface area contributed by atoms with E-state index in [0.717, 1.165) is 5.56 Å². The van der Waals surface area contributed by atoms with Gasteiger partial charge in [0, 0.05) is 0 Å². The normalized spacial score (nSPS) is 13.0. The van der Waals surface area contributed by atoms with Crippen LogP contribution >= 0.6 is 0 Å². The molecule has 1 rings (SSSR count). The van der Waals surface area contributed by atoms with E-state index in [1.54, 1.807) is 0 Å². The summed E-state index contributed by atoms with van der Waals surface area (Å²) in [6.45, 7) is 1.91. The maximum absolute atomic E-state index is 5.00. The zero-order chi connectivity index (χ0) is 7.40. The fraction of sp³-hybridized carbons (Fsp3) is 0.222. The van der Waals surface area contributed by atoms with Crippen LogP contribution in [0.3, 0.4) is 0 Å². The Kier molecular flexibility index (Phi) is 2.46. The summed E-state index contributed by atoms with van der Waals surface area (Å²) in [5, 5.41) is 0. The van der Waals surface area contributed by atoms with Gasteiger partial charge >= 0.3 is 0 Å². The van der Waals surface area contributed by atoms with Gasteiger partial charge in [-0.3, -0.25) is 0 Å². The van der Waals surface area contributed by atoms with E-state index >= 15 is 0 Å². The summed E-state index contributed by atoms with van der Waals surface area (Å²) in [5.41, 5.74) is 1.10. The lowest BCUT2D eigenvalue weighted by Gasteiger charge is -2.07. The summed E-state index contributed by atoms with van der Waals surface area (Å²) in [7, 11) is 5.00. The Balaban J connectivity index is 2.75. The van der Waals surface area contributed by atoms with Crippen molar-refractivity contribution in [2.24, 2.45) is 0 Å². The van der Waals surface area contributed by atoms with Gasteiger partial charge in [-0.1, -0.05) is 30.3 Å². The number of ether oxygens (including phenoxy) is 1. The van der Waals surface area contributed by atoms with Gasteiger partial charge in [0.15, 0.2) is 0 Å². The number of rotatable bonds is 2. The Morgan fingerprint density at radius 1 is 1.30 bits per heavy atom. The van der Waals surface area contributed by atoms with Crippen LogP contribution in [0, 0.1) is 7.11 Å². The van der Waals surface area contributed by atoms with Crippen molar-refractivity contribution in [3.8, 4) is 0 Å². The van der Waals surface area contributed by atoms with Gasteiger partial charge < -0.3 is 4.74 Å². The highest BCUT2D eigenvalue weighted by Crippen LogP contribution is 2.14. The lowest BCUT2D eigenvalue weighted by molar-refractivity contribution is 0.157. The van der Waals surface area contributed by atoms with E-state index in [0.29, 0.717) is 0 Å². The summed E-state index contributed by atoms with van der Waals surface area (Å²) in [5.74, 6) is 0. The minimum Gasteiger partial charge on any atom is -0.365 e. The summed E-state index contributed by atoms with van der Waals surface area (Å²) in [6, 6.07) is 9.86. The molecular formula is C9H10O. The minimum absolute atomic E-state index is 0.0128. The predicted molar refractivity (Wildman–Crippen MR) is 40.2 cm³/mol. The van der Waals surface area contributed by atoms with Gasteiger partial charge in [0.05, 0.1) is 6.10 Å². The van der Waals surface area contributed by atoms with Crippen LogP contribution in [0.2, 0.25) is 0 Å². The van der Waals surface area contributed by atoms with Gasteiger partial charge in [-0.25, -0.2) is 0 Å². The second kappa shape index (κ2) is 3.37. The molecule has 0 aliphatic carbocycles. The Bertz CT molecular complexity index is 181. The van der Waals surface area contributed by atoms with Crippen LogP contribution in [0.25, 0.3) is 0 Å². The van der Waals surface area contributed by atoms with Gasteiger partial charge in [0.1, 0.15) is 7.11 Å². The summed E-state index contributed by atoms with van der Waals surface area (Å²) in [4.78, 5) is 0. The van der Waals surface area contributed by atoms with Crippen molar-refractivity contribution in [3.05, 3.63) is 43.0 Å². The van der Waals surface area contributed by atoms with Crippen LogP contribution < -0.4 is 0 Å². The fourth-order valence-corrected chi connectivity index (χ4v) is 0.803. The predicted octanol–water partition coefficient (Wildman–Crippen LogP) is 2.43. The monoisotopic (exact) mass is 134 g/mol. The van der Waals surface area contributed by atoms with Crippen molar-refractivity contribution in [2.75, 3.05) is 0 Å². The van der Waals surface area contributed by atoms with Crippen molar-refractivity contribution in [1.82, 2.24) is 0 Å². The molecule has 1 heteroatoms. The molecule has 0 amide bonds. The molecule has 0 aliphatic rings. The van der Waals surface area contributed by atoms with E-state index in [1.807, 2.05) is 37.3 Å². The second-order valence-electron chi connectivity index (χ2n) is 2.19. The zero-order valence-corrected chi connectivity index (χ0v) is 5.95. The molecule has 1 atom stereocenters. The average Bonchev–Trinajstić information content (AvgIpc) is 2.05. The van der Waals surface area contributed by atoms with Gasteiger partial charge in [-0.2, -0.15) is 0 Å². The maximum atomic E-state index is 5.00. The lowest BCUT2D eigenvalue weighted by Crippen LogP contribution is -1.92. The van der Waals surface area contributed by atoms with E-state index in [9.17, 15) is 0 Å². The molecule has 1 nitrogen and oxygen atoms in total. The molecule has 1 unspecified atom stereocenters. The largest absolute Gasteiger partial charge is 0.365 e. The third kappa shape index (κ3) is 1.58. The Morgan fingerprint density at radius 2 is 1.90 bits per heavy atom. The molecule has 10 heavy (non-hydrogen) atoms. The maximum Gasteiger partial charge on any atom is 0.116 e. The first kappa shape index (κ1) is 7.29. The Morgan fingerprint density at radius 3 is 2.40 bits per heavy atom. The molecule has 0 saturated heterocycles. The molecule has 2 radical (unpaired) electrons. The van der Waals surface area contributed by atoms with Gasteiger partial charge in [0.25, 0.3) is 0 Å². The first-order valence-electron chi connectivity index (χ1n) is 3.25. The van der Waals surface area contributed by atoms with Crippen LogP contribution in [0.4, 0.5) is 0 Å². The molecule has 0 bridgehead atoms. The van der Waals surface area contributed by atoms with Crippen LogP contribution in [0.1, 0.15) is 18.6 Å². The van der Waals surface area contributed by atoms with Crippen molar-refractivity contribution in [2.45, 2.75) is 13.0 Å². The lowest BCUT2D eigenvalue weighted by atomic mass is 10.1. The number of hydrogen-bond acceptors (Lipinski definition) is 1. The van der Waals surface area contributed by atoms with Crippen molar-refractivity contribution >= 4 is 0 Å². The molecule has 0 spiro atoms. The van der Waals surface area contributed by atoms with E-state index in [1.165, 1.54) is 0 Å². The molecule has 52 valence electrons. The molecule has 0 aromatic heterocycles. The molecule has 0 saturated carbocycles. The smallest absolute Gasteiger partial charge is 0.116 e. The minimum atomic E-state index is -0.0128. The molecule has 0 fully saturated rings. The van der Waals surface area contributed by atoms with Crippen LogP contribution in [-0.2, 0) is 4.74 Å². The van der Waals surface area contributed by atoms with Crippen LogP contribution in [-0.4, -0.2) is 0 Å². The first-order chi connectivity index (χ1) is 4.84. The molecule has 1 aromatic rings. The second-order valence-corrected chi connectivity index (χ2v) is 2.19. The summed E-state index contributed by atoms with van der Waals surface area (Å²) < 4.78 is 4.64. The van der Waals surface area contributed by atoms with Crippen LogP contribution in [0.5, 0.6) is 0 Å². The van der Waals surface area contributed by atoms with E-state index in [-0.39, 0.29) is 6.10 Å². The molecule has 1 aromatic carbocycles. The summed E-state index contributed by atoms with van der Waals surface area (Å²) >= 11 is 0. The van der Waals surface area contributed by atoms with E-state index < -0.39 is 0 Å². The third-order valence-electron chi connectivity index (χ3n) is 1.47. The highest BCUT2D eigenvalue weighted by molar-refractivity contribution is 5.16. The molecule has 0 aliphatic heterocycles. The number of benzene rings is 1. The van der Waals surface area contributed by atoms with E-state index in [2.05, 4.69) is 4.74 Å². The Labute approximate surface area is 61.6 Å². The quantitative estimate of drug-likeness (QED) is 0.603. The topological polar surface area (TPSA) is 9.23 Å². The molecule has 0 N–H and O–H groups in total. The highest BCUT2D eigenvalue weighted by atomic mass is 16.5. The average molecular weight is 134 g/mol. The summed E-state index contributed by atoms with van der Waals surface area (Å²) in [6.07, 6.45) is -0.0128. The molecular weight excluding hydrogens is 124 g/mol. The third-order valence-corrected chi connectivity index (χ3v) is 1.47. The van der Waals surface area contributed by atoms with Crippen LogP contribution in [0.15, 0.2) is 30.3 Å². The fourth-order valence-electron chi connectivity index (χ4n) is 0.803. The highest BCUT2D eigenvalue weighted by Gasteiger charge is 1.99. The first-order valence-corrected chi connectivity index (χ1v) is 3.25. The van der Waals surface area contributed by atoms with Gasteiger partial charge in [-0.05, 0) is 12.5 Å². The molecule has 0 heterocycles. The van der Waals surface area contributed by atoms with Gasteiger partial charge in [-0.15, -0.1) is 0 Å². The van der Waals surface area contributed by atoms with Crippen molar-refractivity contribution in [1.29, 1.82) is 0 Å². The standard InChI is InChI=1S/C9H10O/c1-8(10-2)9-6-4-3-5-7-9/h2-8H,1H3. The Hall–Kier alpha value is -0.820. The van der Waals surface area contributed by atoms with E-state index in [4.69, 9.17) is 7.11 Å². The van der Waals surface area contributed by atoms with Crippen molar-refractivity contribution < 1.29 is 4.74 Å². The SMILES string of the molecule is [CH]OC(C)c1ccccc1. The van der Waals surface area contributed by atoms with Gasteiger partial charge in [0.2, 0.25) is 0 Å². The zero-order valence-electron chi connectivity index (χ0n) is 5.95.